The Bertz CT molecular complexity index is 1300. The van der Waals surface area contributed by atoms with Crippen LogP contribution < -0.4 is 9.47 Å². The van der Waals surface area contributed by atoms with E-state index in [0.717, 1.165) is 22.5 Å². The molecule has 0 fully saturated rings. The summed E-state index contributed by atoms with van der Waals surface area (Å²) in [6.45, 7) is 1.98. The molecule has 0 aliphatic rings. The molecule has 0 N–H and O–H groups in total. The maximum absolute atomic E-state index is 5.90. The molecule has 5 aromatic rings. The average molecular weight is 394 g/mol. The number of aromatic nitrogens is 4. The van der Waals surface area contributed by atoms with Crippen molar-refractivity contribution >= 4 is 11.0 Å². The minimum atomic E-state index is 0.547. The molecule has 0 amide bonds. The lowest BCUT2D eigenvalue weighted by Crippen LogP contribution is -1.98. The minimum absolute atomic E-state index is 0.547. The predicted molar refractivity (Wildman–Crippen MR) is 114 cm³/mol. The summed E-state index contributed by atoms with van der Waals surface area (Å²) >= 11 is 0. The monoisotopic (exact) mass is 394 g/mol. The third kappa shape index (κ3) is 3.58. The van der Waals surface area contributed by atoms with Gasteiger partial charge in [0.05, 0.1) is 16.7 Å². The number of pyridine rings is 2. The van der Waals surface area contributed by atoms with Gasteiger partial charge in [-0.05, 0) is 43.3 Å². The molecule has 0 saturated carbocycles. The molecule has 0 atom stereocenters. The fourth-order valence-electron chi connectivity index (χ4n) is 3.31. The second-order valence-corrected chi connectivity index (χ2v) is 6.68. The smallest absolute Gasteiger partial charge is 0.219 e. The Labute approximate surface area is 173 Å². The van der Waals surface area contributed by atoms with Crippen LogP contribution in [0.1, 0.15) is 5.82 Å². The summed E-state index contributed by atoms with van der Waals surface area (Å²) in [5.41, 5.74) is 2.77. The molecular weight excluding hydrogens is 376 g/mol. The molecule has 3 aromatic heterocycles. The van der Waals surface area contributed by atoms with E-state index in [1.54, 1.807) is 12.4 Å². The van der Waals surface area contributed by atoms with Crippen molar-refractivity contribution in [1.82, 2.24) is 19.5 Å². The molecule has 0 bridgehead atoms. The molecule has 146 valence electrons. The van der Waals surface area contributed by atoms with Crippen LogP contribution in [0.2, 0.25) is 0 Å². The average Bonchev–Trinajstić information content (AvgIpc) is 3.10. The molecule has 0 saturated heterocycles. The minimum Gasteiger partial charge on any atom is -0.439 e. The van der Waals surface area contributed by atoms with Gasteiger partial charge in [-0.25, -0.2) is 15.0 Å². The molecule has 0 unspecified atom stereocenters. The number of fused-ring (bicyclic) bond motifs is 1. The van der Waals surface area contributed by atoms with E-state index >= 15 is 0 Å². The summed E-state index contributed by atoms with van der Waals surface area (Å²) in [5, 5.41) is 0. The van der Waals surface area contributed by atoms with Crippen LogP contribution in [0, 0.1) is 6.92 Å². The first kappa shape index (κ1) is 17.9. The number of benzene rings is 2. The van der Waals surface area contributed by atoms with Gasteiger partial charge in [-0.2, -0.15) is 0 Å². The topological polar surface area (TPSA) is 62.1 Å². The quantitative estimate of drug-likeness (QED) is 0.382. The second-order valence-electron chi connectivity index (χ2n) is 6.68. The SMILES string of the molecule is Cc1nc2ccc(Oc3ccccn3)cc2n1-c1cccc(Oc2ccccn2)c1. The zero-order valence-electron chi connectivity index (χ0n) is 16.3. The van der Waals surface area contributed by atoms with Gasteiger partial charge in [-0.15, -0.1) is 0 Å². The van der Waals surface area contributed by atoms with Gasteiger partial charge < -0.3 is 9.47 Å². The molecule has 0 spiro atoms. The first-order valence-electron chi connectivity index (χ1n) is 9.53. The van der Waals surface area contributed by atoms with E-state index in [0.29, 0.717) is 23.3 Å². The number of imidazole rings is 1. The van der Waals surface area contributed by atoms with Crippen LogP contribution >= 0.6 is 0 Å². The van der Waals surface area contributed by atoms with Crippen molar-refractivity contribution in [2.45, 2.75) is 6.92 Å². The highest BCUT2D eigenvalue weighted by atomic mass is 16.5. The summed E-state index contributed by atoms with van der Waals surface area (Å²) in [7, 11) is 0. The van der Waals surface area contributed by atoms with Crippen LogP contribution in [0.15, 0.2) is 91.3 Å². The predicted octanol–water partition coefficient (Wildman–Crippen LogP) is 5.71. The van der Waals surface area contributed by atoms with Crippen LogP contribution in [-0.2, 0) is 0 Å². The van der Waals surface area contributed by atoms with E-state index in [2.05, 4.69) is 19.5 Å². The molecule has 30 heavy (non-hydrogen) atoms. The van der Waals surface area contributed by atoms with Crippen LogP contribution in [0.25, 0.3) is 16.7 Å². The van der Waals surface area contributed by atoms with Gasteiger partial charge in [-0.3, -0.25) is 4.57 Å². The van der Waals surface area contributed by atoms with Crippen LogP contribution in [-0.4, -0.2) is 19.5 Å². The van der Waals surface area contributed by atoms with E-state index in [1.165, 1.54) is 0 Å². The number of ether oxygens (including phenoxy) is 2. The number of nitrogens with zero attached hydrogens (tertiary/aromatic N) is 4. The Morgan fingerprint density at radius 2 is 1.40 bits per heavy atom. The zero-order valence-corrected chi connectivity index (χ0v) is 16.3. The van der Waals surface area contributed by atoms with Crippen molar-refractivity contribution < 1.29 is 9.47 Å². The molecule has 0 aliphatic heterocycles. The van der Waals surface area contributed by atoms with Crippen molar-refractivity contribution in [3.8, 4) is 28.9 Å². The van der Waals surface area contributed by atoms with E-state index in [-0.39, 0.29) is 0 Å². The Kier molecular flexibility index (Phi) is 4.57. The fraction of sp³-hybridized carbons (Fsp3) is 0.0417. The molecule has 5 rings (SSSR count). The highest BCUT2D eigenvalue weighted by Crippen LogP contribution is 2.29. The van der Waals surface area contributed by atoms with Gasteiger partial charge in [0, 0.05) is 36.7 Å². The highest BCUT2D eigenvalue weighted by molar-refractivity contribution is 5.80. The molecule has 6 nitrogen and oxygen atoms in total. The lowest BCUT2D eigenvalue weighted by molar-refractivity contribution is 0.463. The highest BCUT2D eigenvalue weighted by Gasteiger charge is 2.12. The van der Waals surface area contributed by atoms with Crippen molar-refractivity contribution in [3.05, 3.63) is 97.1 Å². The third-order valence-corrected chi connectivity index (χ3v) is 4.59. The third-order valence-electron chi connectivity index (χ3n) is 4.59. The molecule has 0 aliphatic carbocycles. The van der Waals surface area contributed by atoms with Crippen LogP contribution in [0.4, 0.5) is 0 Å². The summed E-state index contributed by atoms with van der Waals surface area (Å²) in [5.74, 6) is 3.37. The number of rotatable bonds is 5. The van der Waals surface area contributed by atoms with E-state index in [1.807, 2.05) is 85.8 Å². The van der Waals surface area contributed by atoms with Gasteiger partial charge in [0.15, 0.2) is 0 Å². The lowest BCUT2D eigenvalue weighted by atomic mass is 10.2. The Morgan fingerprint density at radius 1 is 0.700 bits per heavy atom. The van der Waals surface area contributed by atoms with Gasteiger partial charge in [0.25, 0.3) is 0 Å². The van der Waals surface area contributed by atoms with Crippen molar-refractivity contribution in [2.75, 3.05) is 0 Å². The van der Waals surface area contributed by atoms with E-state index in [4.69, 9.17) is 9.47 Å². The lowest BCUT2D eigenvalue weighted by Gasteiger charge is -2.11. The van der Waals surface area contributed by atoms with Gasteiger partial charge in [0.2, 0.25) is 11.8 Å². The number of hydrogen-bond donors (Lipinski definition) is 0. The molecular formula is C24H18N4O2. The van der Waals surface area contributed by atoms with Gasteiger partial charge in [0.1, 0.15) is 17.3 Å². The standard InChI is InChI=1S/C24H18N4O2/c1-17-27-21-12-11-20(30-24-10-3-5-14-26-24)16-22(21)28(17)18-7-6-8-19(15-18)29-23-9-2-4-13-25-23/h2-16H,1H3. The Balaban J connectivity index is 1.53. The number of aryl methyl sites for hydroxylation is 1. The first-order valence-corrected chi connectivity index (χ1v) is 9.53. The van der Waals surface area contributed by atoms with E-state index in [9.17, 15) is 0 Å². The van der Waals surface area contributed by atoms with Crippen molar-refractivity contribution in [3.63, 3.8) is 0 Å². The van der Waals surface area contributed by atoms with Crippen LogP contribution in [0.3, 0.4) is 0 Å². The van der Waals surface area contributed by atoms with Crippen LogP contribution in [0.5, 0.6) is 23.3 Å². The van der Waals surface area contributed by atoms with Crippen molar-refractivity contribution in [2.24, 2.45) is 0 Å². The van der Waals surface area contributed by atoms with Gasteiger partial charge in [-0.1, -0.05) is 18.2 Å². The molecule has 2 aromatic carbocycles. The summed E-state index contributed by atoms with van der Waals surface area (Å²) in [6.07, 6.45) is 3.41. The Hall–Kier alpha value is -4.19. The molecule has 3 heterocycles. The largest absolute Gasteiger partial charge is 0.439 e. The fourth-order valence-corrected chi connectivity index (χ4v) is 3.31. The summed E-state index contributed by atoms with van der Waals surface area (Å²) in [6, 6.07) is 24.8. The first-order chi connectivity index (χ1) is 14.8. The molecule has 6 heteroatoms. The van der Waals surface area contributed by atoms with Crippen molar-refractivity contribution in [1.29, 1.82) is 0 Å². The Morgan fingerprint density at radius 3 is 2.07 bits per heavy atom. The molecule has 0 radical (unpaired) electrons. The maximum atomic E-state index is 5.90. The summed E-state index contributed by atoms with van der Waals surface area (Å²) < 4.78 is 13.9. The normalized spacial score (nSPS) is 10.8. The van der Waals surface area contributed by atoms with Gasteiger partial charge >= 0.3 is 0 Å². The number of hydrogen-bond acceptors (Lipinski definition) is 5. The van der Waals surface area contributed by atoms with E-state index < -0.39 is 0 Å². The maximum Gasteiger partial charge on any atom is 0.219 e. The summed E-state index contributed by atoms with van der Waals surface area (Å²) in [4.78, 5) is 13.1. The zero-order chi connectivity index (χ0) is 20.3. The second kappa shape index (κ2) is 7.67.